The second-order valence-electron chi connectivity index (χ2n) is 6.19. The number of rotatable bonds is 6. The standard InChI is InChI=1S/C18H22N4O2/c1-2-13(9-19-6-1)5-7-20-10-15-11-21-22-18(15)14-3-4-16-17(8-14)24-12-23-16/h1-4,6,8-9,15,18,20-22H,5,7,10-12H2. The lowest BCUT2D eigenvalue weighted by Gasteiger charge is -2.19. The van der Waals surface area contributed by atoms with Crippen molar-refractivity contribution in [1.82, 2.24) is 21.2 Å². The van der Waals surface area contributed by atoms with Crippen LogP contribution < -0.4 is 25.6 Å². The van der Waals surface area contributed by atoms with Gasteiger partial charge in [-0.05, 0) is 42.3 Å². The molecule has 0 radical (unpaired) electrons. The summed E-state index contributed by atoms with van der Waals surface area (Å²) in [5, 5.41) is 3.56. The van der Waals surface area contributed by atoms with Crippen LogP contribution in [-0.4, -0.2) is 31.4 Å². The Labute approximate surface area is 141 Å². The zero-order valence-corrected chi connectivity index (χ0v) is 13.5. The third-order valence-electron chi connectivity index (χ3n) is 4.57. The van der Waals surface area contributed by atoms with Gasteiger partial charge in [0.25, 0.3) is 0 Å². The summed E-state index contributed by atoms with van der Waals surface area (Å²) in [6, 6.07) is 10.5. The molecule has 0 saturated carbocycles. The fraction of sp³-hybridized carbons (Fsp3) is 0.389. The maximum Gasteiger partial charge on any atom is 0.231 e. The summed E-state index contributed by atoms with van der Waals surface area (Å²) in [6.07, 6.45) is 4.73. The molecule has 126 valence electrons. The van der Waals surface area contributed by atoms with Gasteiger partial charge in [0, 0.05) is 31.4 Å². The summed E-state index contributed by atoms with van der Waals surface area (Å²) in [4.78, 5) is 4.15. The molecule has 24 heavy (non-hydrogen) atoms. The Morgan fingerprint density at radius 1 is 1.21 bits per heavy atom. The zero-order chi connectivity index (χ0) is 16.2. The molecule has 2 aliphatic rings. The van der Waals surface area contributed by atoms with E-state index in [0.717, 1.165) is 37.6 Å². The average Bonchev–Trinajstić information content (AvgIpc) is 3.28. The first-order valence-electron chi connectivity index (χ1n) is 8.38. The van der Waals surface area contributed by atoms with Crippen LogP contribution in [0.25, 0.3) is 0 Å². The molecule has 3 N–H and O–H groups in total. The molecule has 0 spiro atoms. The SMILES string of the molecule is c1cncc(CCNCC2CNNC2c2ccc3c(c2)OCO3)c1. The molecular weight excluding hydrogens is 304 g/mol. The molecule has 1 aromatic carbocycles. The Bertz CT molecular complexity index is 680. The molecule has 2 aliphatic heterocycles. The van der Waals surface area contributed by atoms with E-state index < -0.39 is 0 Å². The van der Waals surface area contributed by atoms with Crippen LogP contribution in [0.3, 0.4) is 0 Å². The lowest BCUT2D eigenvalue weighted by molar-refractivity contribution is 0.174. The number of ether oxygens (including phenoxy) is 2. The van der Waals surface area contributed by atoms with Gasteiger partial charge in [-0.3, -0.25) is 10.4 Å². The van der Waals surface area contributed by atoms with Gasteiger partial charge >= 0.3 is 0 Å². The number of benzene rings is 1. The smallest absolute Gasteiger partial charge is 0.231 e. The first kappa shape index (κ1) is 15.4. The second-order valence-corrected chi connectivity index (χ2v) is 6.19. The molecular formula is C18H22N4O2. The van der Waals surface area contributed by atoms with Crippen LogP contribution >= 0.6 is 0 Å². The fourth-order valence-corrected chi connectivity index (χ4v) is 3.25. The molecule has 6 heteroatoms. The molecule has 3 heterocycles. The highest BCUT2D eigenvalue weighted by molar-refractivity contribution is 5.45. The van der Waals surface area contributed by atoms with Gasteiger partial charge in [0.15, 0.2) is 11.5 Å². The fourth-order valence-electron chi connectivity index (χ4n) is 3.25. The van der Waals surface area contributed by atoms with Crippen LogP contribution in [0.4, 0.5) is 0 Å². The topological polar surface area (TPSA) is 67.4 Å². The van der Waals surface area contributed by atoms with Crippen LogP contribution in [0, 0.1) is 5.92 Å². The van der Waals surface area contributed by atoms with Gasteiger partial charge < -0.3 is 14.8 Å². The molecule has 6 nitrogen and oxygen atoms in total. The van der Waals surface area contributed by atoms with E-state index >= 15 is 0 Å². The summed E-state index contributed by atoms with van der Waals surface area (Å²) in [5.74, 6) is 2.15. The van der Waals surface area contributed by atoms with Crippen LogP contribution in [0.15, 0.2) is 42.7 Å². The van der Waals surface area contributed by atoms with E-state index in [1.165, 1.54) is 11.1 Å². The number of nitrogens with one attached hydrogen (secondary N) is 3. The van der Waals surface area contributed by atoms with Gasteiger partial charge in [-0.1, -0.05) is 12.1 Å². The average molecular weight is 326 g/mol. The minimum absolute atomic E-state index is 0.269. The zero-order valence-electron chi connectivity index (χ0n) is 13.5. The van der Waals surface area contributed by atoms with Gasteiger partial charge in [0.2, 0.25) is 6.79 Å². The van der Waals surface area contributed by atoms with E-state index in [2.05, 4.69) is 39.4 Å². The highest BCUT2D eigenvalue weighted by Crippen LogP contribution is 2.36. The highest BCUT2D eigenvalue weighted by Gasteiger charge is 2.29. The Hall–Kier alpha value is -2.15. The number of fused-ring (bicyclic) bond motifs is 1. The van der Waals surface area contributed by atoms with Crippen molar-refractivity contribution in [1.29, 1.82) is 0 Å². The van der Waals surface area contributed by atoms with Crippen molar-refractivity contribution < 1.29 is 9.47 Å². The minimum atomic E-state index is 0.269. The molecule has 4 rings (SSSR count). The summed E-state index contributed by atoms with van der Waals surface area (Å²) in [5.41, 5.74) is 9.14. The Kier molecular flexibility index (Phi) is 4.60. The van der Waals surface area contributed by atoms with Crippen LogP contribution in [-0.2, 0) is 6.42 Å². The van der Waals surface area contributed by atoms with Gasteiger partial charge in [0.1, 0.15) is 0 Å². The minimum Gasteiger partial charge on any atom is -0.454 e. The molecule has 2 unspecified atom stereocenters. The van der Waals surface area contributed by atoms with Crippen LogP contribution in [0.5, 0.6) is 11.5 Å². The van der Waals surface area contributed by atoms with E-state index in [9.17, 15) is 0 Å². The third kappa shape index (κ3) is 3.36. The van der Waals surface area contributed by atoms with Crippen LogP contribution in [0.2, 0.25) is 0 Å². The third-order valence-corrected chi connectivity index (χ3v) is 4.57. The van der Waals surface area contributed by atoms with E-state index in [1.54, 1.807) is 0 Å². The first-order chi connectivity index (χ1) is 11.9. The van der Waals surface area contributed by atoms with Crippen molar-refractivity contribution in [3.8, 4) is 11.5 Å². The number of nitrogens with zero attached hydrogens (tertiary/aromatic N) is 1. The van der Waals surface area contributed by atoms with Gasteiger partial charge in [-0.2, -0.15) is 0 Å². The predicted octanol–water partition coefficient (Wildman–Crippen LogP) is 1.41. The molecule has 1 aromatic heterocycles. The van der Waals surface area contributed by atoms with E-state index in [4.69, 9.17) is 9.47 Å². The number of aromatic nitrogens is 1. The maximum absolute atomic E-state index is 5.49. The lowest BCUT2D eigenvalue weighted by Crippen LogP contribution is -2.30. The quantitative estimate of drug-likeness (QED) is 0.698. The van der Waals surface area contributed by atoms with E-state index in [-0.39, 0.29) is 6.04 Å². The maximum atomic E-state index is 5.49. The molecule has 0 aliphatic carbocycles. The number of pyridine rings is 1. The van der Waals surface area contributed by atoms with Gasteiger partial charge in [0.05, 0.1) is 6.04 Å². The van der Waals surface area contributed by atoms with Crippen molar-refractivity contribution >= 4 is 0 Å². The Balaban J connectivity index is 1.32. The van der Waals surface area contributed by atoms with Crippen molar-refractivity contribution in [3.63, 3.8) is 0 Å². The van der Waals surface area contributed by atoms with E-state index in [1.807, 2.05) is 24.5 Å². The lowest BCUT2D eigenvalue weighted by atomic mass is 9.94. The molecule has 2 aromatic rings. The normalized spacial score (nSPS) is 22.0. The molecule has 1 saturated heterocycles. The molecule has 0 amide bonds. The van der Waals surface area contributed by atoms with Crippen LogP contribution in [0.1, 0.15) is 17.2 Å². The second kappa shape index (κ2) is 7.17. The molecule has 1 fully saturated rings. The summed E-state index contributed by atoms with van der Waals surface area (Å²) < 4.78 is 10.9. The van der Waals surface area contributed by atoms with E-state index in [0.29, 0.717) is 12.7 Å². The van der Waals surface area contributed by atoms with Gasteiger partial charge in [-0.15, -0.1) is 0 Å². The van der Waals surface area contributed by atoms with Crippen molar-refractivity contribution in [3.05, 3.63) is 53.9 Å². The Morgan fingerprint density at radius 2 is 2.17 bits per heavy atom. The van der Waals surface area contributed by atoms with Crippen molar-refractivity contribution in [2.45, 2.75) is 12.5 Å². The summed E-state index contributed by atoms with van der Waals surface area (Å²) >= 11 is 0. The monoisotopic (exact) mass is 326 g/mol. The largest absolute Gasteiger partial charge is 0.454 e. The highest BCUT2D eigenvalue weighted by atomic mass is 16.7. The molecule has 2 atom stereocenters. The Morgan fingerprint density at radius 3 is 3.08 bits per heavy atom. The van der Waals surface area contributed by atoms with Gasteiger partial charge in [-0.25, -0.2) is 5.43 Å². The summed E-state index contributed by atoms with van der Waals surface area (Å²) in [6.45, 7) is 3.17. The predicted molar refractivity (Wildman–Crippen MR) is 90.7 cm³/mol. The number of hydrogen-bond acceptors (Lipinski definition) is 6. The van der Waals surface area contributed by atoms with Crippen molar-refractivity contribution in [2.24, 2.45) is 5.92 Å². The number of hydrazine groups is 1. The van der Waals surface area contributed by atoms with Crippen molar-refractivity contribution in [2.75, 3.05) is 26.4 Å². The summed E-state index contributed by atoms with van der Waals surface area (Å²) in [7, 11) is 0. The number of hydrogen-bond donors (Lipinski definition) is 3. The molecule has 0 bridgehead atoms. The first-order valence-corrected chi connectivity index (χ1v) is 8.38.